The van der Waals surface area contributed by atoms with Crippen LogP contribution in [-0.2, 0) is 24.1 Å². The Balaban J connectivity index is 1.55. The van der Waals surface area contributed by atoms with E-state index in [2.05, 4.69) is 26.6 Å². The third-order valence-corrected chi connectivity index (χ3v) is 7.30. The molecular weight excluding hydrogens is 380 g/mol. The summed E-state index contributed by atoms with van der Waals surface area (Å²) >= 11 is 3.46. The van der Waals surface area contributed by atoms with Crippen molar-refractivity contribution in [3.05, 3.63) is 16.3 Å². The minimum Gasteiger partial charge on any atom is -0.378 e. The molecule has 3 aromatic rings. The van der Waals surface area contributed by atoms with Gasteiger partial charge in [-0.1, -0.05) is 0 Å². The molecule has 0 aromatic carbocycles. The summed E-state index contributed by atoms with van der Waals surface area (Å²) in [4.78, 5) is 14.3. The highest BCUT2D eigenvalue weighted by molar-refractivity contribution is 7.99. The number of rotatable bonds is 4. The quantitative estimate of drug-likeness (QED) is 0.621. The van der Waals surface area contributed by atoms with E-state index in [1.165, 1.54) is 28.7 Å². The Morgan fingerprint density at radius 1 is 1.15 bits per heavy atom. The van der Waals surface area contributed by atoms with Crippen molar-refractivity contribution in [2.24, 2.45) is 0 Å². The van der Waals surface area contributed by atoms with Crippen molar-refractivity contribution in [3.8, 4) is 0 Å². The summed E-state index contributed by atoms with van der Waals surface area (Å²) in [6.45, 7) is 8.14. The molecular formula is C18H22N6OS2. The molecule has 4 heterocycles. The summed E-state index contributed by atoms with van der Waals surface area (Å²) < 4.78 is 7.66. The van der Waals surface area contributed by atoms with Gasteiger partial charge in [0.2, 0.25) is 5.95 Å². The number of hydrogen-bond donors (Lipinski definition) is 0. The molecule has 1 fully saturated rings. The van der Waals surface area contributed by atoms with Crippen LogP contribution in [0.4, 0.5) is 5.95 Å². The van der Waals surface area contributed by atoms with E-state index in [0.29, 0.717) is 0 Å². The van der Waals surface area contributed by atoms with E-state index < -0.39 is 0 Å². The van der Waals surface area contributed by atoms with Crippen LogP contribution < -0.4 is 4.90 Å². The lowest BCUT2D eigenvalue weighted by Crippen LogP contribution is -2.38. The summed E-state index contributed by atoms with van der Waals surface area (Å²) in [6.07, 6.45) is 3.54. The average molecular weight is 403 g/mol. The van der Waals surface area contributed by atoms with E-state index in [9.17, 15) is 0 Å². The van der Waals surface area contributed by atoms with E-state index in [1.807, 2.05) is 18.3 Å². The lowest BCUT2D eigenvalue weighted by atomic mass is 10.2. The van der Waals surface area contributed by atoms with Gasteiger partial charge in [-0.15, -0.1) is 21.5 Å². The maximum Gasteiger partial charge on any atom is 0.228 e. The van der Waals surface area contributed by atoms with Crippen molar-refractivity contribution < 1.29 is 4.74 Å². The Hall–Kier alpha value is -1.71. The van der Waals surface area contributed by atoms with Gasteiger partial charge in [-0.25, -0.2) is 9.97 Å². The number of anilines is 1. The first-order valence-corrected chi connectivity index (χ1v) is 11.1. The second-order valence-electron chi connectivity index (χ2n) is 6.84. The van der Waals surface area contributed by atoms with Crippen LogP contribution in [0.2, 0.25) is 0 Å². The van der Waals surface area contributed by atoms with Gasteiger partial charge in [0.15, 0.2) is 5.16 Å². The molecule has 0 bridgehead atoms. The van der Waals surface area contributed by atoms with Gasteiger partial charge in [-0.3, -0.25) is 4.57 Å². The minimum absolute atomic E-state index is 0.742. The van der Waals surface area contributed by atoms with Crippen LogP contribution in [-0.4, -0.2) is 51.0 Å². The zero-order chi connectivity index (χ0) is 18.4. The molecule has 142 valence electrons. The first-order chi connectivity index (χ1) is 13.2. The Kier molecular flexibility index (Phi) is 4.53. The number of thiophene rings is 1. The highest BCUT2D eigenvalue weighted by Gasteiger charge is 2.25. The first kappa shape index (κ1) is 17.4. The summed E-state index contributed by atoms with van der Waals surface area (Å²) in [6, 6.07) is 0. The van der Waals surface area contributed by atoms with Gasteiger partial charge < -0.3 is 9.64 Å². The molecule has 3 aromatic heterocycles. The van der Waals surface area contributed by atoms with E-state index in [-0.39, 0.29) is 0 Å². The number of aryl methyl sites for hydroxylation is 3. The third-order valence-electron chi connectivity index (χ3n) is 5.14. The summed E-state index contributed by atoms with van der Waals surface area (Å²) in [5.74, 6) is 1.75. The molecule has 0 N–H and O–H groups in total. The number of hydrogen-bond acceptors (Lipinski definition) is 8. The molecule has 0 atom stereocenters. The molecule has 1 saturated heterocycles. The fraction of sp³-hybridized carbons (Fsp3) is 0.556. The van der Waals surface area contributed by atoms with Crippen LogP contribution in [0.25, 0.3) is 10.2 Å². The third kappa shape index (κ3) is 3.01. The number of ether oxygens (including phenoxy) is 1. The average Bonchev–Trinajstić information content (AvgIpc) is 3.36. The van der Waals surface area contributed by atoms with Crippen LogP contribution in [0.3, 0.4) is 0 Å². The number of morpholine rings is 1. The fourth-order valence-corrected chi connectivity index (χ4v) is 6.30. The molecule has 5 rings (SSSR count). The van der Waals surface area contributed by atoms with Gasteiger partial charge in [0.25, 0.3) is 0 Å². The minimum atomic E-state index is 0.742. The number of aromatic nitrogens is 5. The van der Waals surface area contributed by atoms with Crippen LogP contribution in [0.1, 0.15) is 29.6 Å². The highest BCUT2D eigenvalue weighted by Crippen LogP contribution is 2.42. The first-order valence-electron chi connectivity index (χ1n) is 9.47. The second-order valence-corrected chi connectivity index (χ2v) is 8.88. The van der Waals surface area contributed by atoms with E-state index in [4.69, 9.17) is 14.7 Å². The van der Waals surface area contributed by atoms with Crippen molar-refractivity contribution in [2.75, 3.05) is 31.2 Å². The van der Waals surface area contributed by atoms with Crippen molar-refractivity contribution >= 4 is 39.3 Å². The van der Waals surface area contributed by atoms with Gasteiger partial charge in [0, 0.05) is 29.9 Å². The lowest BCUT2D eigenvalue weighted by Gasteiger charge is -2.27. The van der Waals surface area contributed by atoms with E-state index in [1.54, 1.807) is 11.8 Å². The zero-order valence-electron chi connectivity index (χ0n) is 15.6. The monoisotopic (exact) mass is 402 g/mol. The molecule has 0 spiro atoms. The Morgan fingerprint density at radius 3 is 2.81 bits per heavy atom. The Labute approximate surface area is 166 Å². The smallest absolute Gasteiger partial charge is 0.228 e. The molecule has 0 amide bonds. The normalized spacial score (nSPS) is 17.0. The molecule has 9 heteroatoms. The lowest BCUT2D eigenvalue weighted by molar-refractivity contribution is 0.121. The molecule has 1 aliphatic heterocycles. The predicted octanol–water partition coefficient (Wildman–Crippen LogP) is 3.09. The maximum absolute atomic E-state index is 5.47. The van der Waals surface area contributed by atoms with E-state index >= 15 is 0 Å². The molecule has 0 radical (unpaired) electrons. The molecule has 7 nitrogen and oxygen atoms in total. The van der Waals surface area contributed by atoms with Gasteiger partial charge >= 0.3 is 0 Å². The van der Waals surface area contributed by atoms with E-state index in [0.717, 1.165) is 66.1 Å². The van der Waals surface area contributed by atoms with Crippen molar-refractivity contribution in [2.45, 2.75) is 49.8 Å². The van der Waals surface area contributed by atoms with Crippen LogP contribution >= 0.6 is 23.1 Å². The van der Waals surface area contributed by atoms with Crippen LogP contribution in [0, 0.1) is 6.92 Å². The van der Waals surface area contributed by atoms with Crippen LogP contribution in [0.5, 0.6) is 0 Å². The van der Waals surface area contributed by atoms with Gasteiger partial charge in [-0.05, 0) is 50.4 Å². The number of nitrogens with zero attached hydrogens (tertiary/aromatic N) is 6. The summed E-state index contributed by atoms with van der Waals surface area (Å²) in [5, 5.41) is 12.2. The topological polar surface area (TPSA) is 69.0 Å². The van der Waals surface area contributed by atoms with Gasteiger partial charge in [-0.2, -0.15) is 0 Å². The summed E-state index contributed by atoms with van der Waals surface area (Å²) in [7, 11) is 0. The van der Waals surface area contributed by atoms with Crippen molar-refractivity contribution in [1.29, 1.82) is 0 Å². The highest BCUT2D eigenvalue weighted by atomic mass is 32.2. The summed E-state index contributed by atoms with van der Waals surface area (Å²) in [5.41, 5.74) is 1.45. The largest absolute Gasteiger partial charge is 0.378 e. The molecule has 1 aliphatic carbocycles. The maximum atomic E-state index is 5.47. The zero-order valence-corrected chi connectivity index (χ0v) is 17.2. The van der Waals surface area contributed by atoms with Crippen molar-refractivity contribution in [1.82, 2.24) is 24.7 Å². The van der Waals surface area contributed by atoms with Gasteiger partial charge in [0.1, 0.15) is 15.7 Å². The second kappa shape index (κ2) is 7.03. The number of fused-ring (bicyclic) bond motifs is 3. The molecule has 0 saturated carbocycles. The molecule has 2 aliphatic rings. The molecule has 0 unspecified atom stereocenters. The SMILES string of the molecule is CCn1c(Sc2nc(C)nc3sc4c(c23)CCC4)nnc1N1CCOCC1. The Morgan fingerprint density at radius 2 is 2.00 bits per heavy atom. The van der Waals surface area contributed by atoms with Crippen molar-refractivity contribution in [3.63, 3.8) is 0 Å². The Bertz CT molecular complexity index is 992. The predicted molar refractivity (Wildman–Crippen MR) is 107 cm³/mol. The fourth-order valence-electron chi connectivity index (χ4n) is 3.85. The molecule has 27 heavy (non-hydrogen) atoms. The standard InChI is InChI=1S/C18H22N6OS2/c1-3-24-17(23-7-9-25-10-8-23)21-22-18(24)27-16-14-12-5-4-6-13(12)26-15(14)19-11(2)20-16/h3-10H2,1-2H3. The van der Waals surface area contributed by atoms with Crippen LogP contribution in [0.15, 0.2) is 10.2 Å². The van der Waals surface area contributed by atoms with Gasteiger partial charge in [0.05, 0.1) is 13.2 Å².